The number of thiazole rings is 1. The fourth-order valence-electron chi connectivity index (χ4n) is 2.79. The minimum absolute atomic E-state index is 0.0959. The molecular weight excluding hydrogens is 426 g/mol. The number of aryl methyl sites for hydroxylation is 1. The van der Waals surface area contributed by atoms with Crippen LogP contribution in [0.25, 0.3) is 4.96 Å². The van der Waals surface area contributed by atoms with Crippen LogP contribution in [0.5, 0.6) is 5.75 Å². The van der Waals surface area contributed by atoms with Crippen molar-refractivity contribution in [3.8, 4) is 5.75 Å². The van der Waals surface area contributed by atoms with Gasteiger partial charge in [0.1, 0.15) is 0 Å². The first kappa shape index (κ1) is 22.0. The average Bonchev–Trinajstić information content (AvgIpc) is 3.10. The van der Waals surface area contributed by atoms with Crippen molar-refractivity contribution in [2.75, 3.05) is 13.2 Å². The van der Waals surface area contributed by atoms with E-state index in [1.54, 1.807) is 30.5 Å². The molecule has 9 heteroatoms. The molecule has 0 aliphatic rings. The number of carbonyl (C=O) groups is 2. The van der Waals surface area contributed by atoms with E-state index in [-0.39, 0.29) is 30.2 Å². The monoisotopic (exact) mass is 447 g/mol. The molecular formula is C21H22ClN3O4S. The number of Topliss-reactive ketones (excluding diaryl/α,β-unsaturated/α-hetero) is 1. The van der Waals surface area contributed by atoms with Crippen LogP contribution >= 0.6 is 22.9 Å². The summed E-state index contributed by atoms with van der Waals surface area (Å²) >= 11 is 7.15. The Labute approximate surface area is 182 Å². The Morgan fingerprint density at radius 3 is 2.70 bits per heavy atom. The lowest BCUT2D eigenvalue weighted by molar-refractivity contribution is -0.117. The van der Waals surface area contributed by atoms with Crippen LogP contribution in [0.15, 0.2) is 35.3 Å². The first-order valence-electron chi connectivity index (χ1n) is 9.59. The highest BCUT2D eigenvalue weighted by molar-refractivity contribution is 7.16. The lowest BCUT2D eigenvalue weighted by atomic mass is 10.1. The quantitative estimate of drug-likeness (QED) is 0.507. The second-order valence-corrected chi connectivity index (χ2v) is 8.47. The maximum atomic E-state index is 12.8. The van der Waals surface area contributed by atoms with E-state index in [1.165, 1.54) is 15.7 Å². The topological polar surface area (TPSA) is 89.8 Å². The first-order chi connectivity index (χ1) is 14.4. The molecule has 1 N–H and O–H groups in total. The molecule has 3 rings (SSSR count). The fraction of sp³-hybridized carbons (Fsp3) is 0.333. The molecule has 0 unspecified atom stereocenters. The molecule has 158 valence electrons. The van der Waals surface area contributed by atoms with Crippen molar-refractivity contribution in [2.45, 2.75) is 33.1 Å². The molecule has 0 spiro atoms. The van der Waals surface area contributed by atoms with Crippen LogP contribution in [-0.2, 0) is 11.2 Å². The van der Waals surface area contributed by atoms with E-state index in [2.05, 4.69) is 10.3 Å². The molecule has 0 saturated heterocycles. The van der Waals surface area contributed by atoms with E-state index in [9.17, 15) is 14.4 Å². The van der Waals surface area contributed by atoms with Gasteiger partial charge in [-0.1, -0.05) is 37.1 Å². The number of aromatic nitrogens is 2. The number of nitrogens with zero attached hydrogens (tertiary/aromatic N) is 2. The highest BCUT2D eigenvalue weighted by Crippen LogP contribution is 2.19. The number of benzene rings is 1. The summed E-state index contributed by atoms with van der Waals surface area (Å²) in [7, 11) is 0. The van der Waals surface area contributed by atoms with Crippen molar-refractivity contribution >= 4 is 39.6 Å². The largest absolute Gasteiger partial charge is 0.486 e. The summed E-state index contributed by atoms with van der Waals surface area (Å²) in [5.74, 6) is -0.887. The van der Waals surface area contributed by atoms with Gasteiger partial charge in [-0.25, -0.2) is 4.98 Å². The molecule has 3 aromatic rings. The van der Waals surface area contributed by atoms with Gasteiger partial charge in [0.05, 0.1) is 13.2 Å². The van der Waals surface area contributed by atoms with E-state index < -0.39 is 11.5 Å². The number of rotatable bonds is 9. The maximum Gasteiger partial charge on any atom is 0.301 e. The standard InChI is InChI=1S/C21H22ClN3O4S/c1-3-4-9-29-18-17(24-21-25(20(18)28)12-13(2)30-21)19(27)23-11-16(26)10-14-5-7-15(22)8-6-14/h5-8,12H,3-4,9-11H2,1-2H3,(H,23,27). The third-order valence-electron chi connectivity index (χ3n) is 4.32. The summed E-state index contributed by atoms with van der Waals surface area (Å²) in [4.78, 5) is 43.4. The molecule has 1 aromatic carbocycles. The van der Waals surface area contributed by atoms with Gasteiger partial charge in [0, 0.05) is 22.5 Å². The summed E-state index contributed by atoms with van der Waals surface area (Å²) in [5, 5.41) is 3.15. The van der Waals surface area contributed by atoms with Gasteiger partial charge in [-0.15, -0.1) is 11.3 Å². The van der Waals surface area contributed by atoms with Crippen molar-refractivity contribution in [1.82, 2.24) is 14.7 Å². The zero-order chi connectivity index (χ0) is 21.7. The second-order valence-electron chi connectivity index (χ2n) is 6.82. The minimum Gasteiger partial charge on any atom is -0.486 e. The van der Waals surface area contributed by atoms with Gasteiger partial charge in [-0.3, -0.25) is 18.8 Å². The number of halogens is 1. The SMILES string of the molecule is CCCCOc1c(C(=O)NCC(=O)Cc2ccc(Cl)cc2)nc2sc(C)cn2c1=O. The molecule has 0 radical (unpaired) electrons. The zero-order valence-electron chi connectivity index (χ0n) is 16.7. The molecule has 0 atom stereocenters. The summed E-state index contributed by atoms with van der Waals surface area (Å²) in [6.07, 6.45) is 3.45. The van der Waals surface area contributed by atoms with Gasteiger partial charge >= 0.3 is 5.56 Å². The number of ether oxygens (including phenoxy) is 1. The number of unbranched alkanes of at least 4 members (excludes halogenated alkanes) is 1. The zero-order valence-corrected chi connectivity index (χ0v) is 18.3. The van der Waals surface area contributed by atoms with Crippen LogP contribution in [0.2, 0.25) is 5.02 Å². The van der Waals surface area contributed by atoms with E-state index in [0.717, 1.165) is 23.3 Å². The summed E-state index contributed by atoms with van der Waals surface area (Å²) in [5.41, 5.74) is 0.268. The summed E-state index contributed by atoms with van der Waals surface area (Å²) in [6, 6.07) is 6.94. The van der Waals surface area contributed by atoms with Crippen molar-refractivity contribution in [3.63, 3.8) is 0 Å². The number of ketones is 1. The molecule has 0 fully saturated rings. The first-order valence-corrected chi connectivity index (χ1v) is 10.8. The van der Waals surface area contributed by atoms with E-state index >= 15 is 0 Å². The number of hydrogen-bond acceptors (Lipinski definition) is 6. The normalized spacial score (nSPS) is 10.9. The predicted molar refractivity (Wildman–Crippen MR) is 117 cm³/mol. The molecule has 7 nitrogen and oxygen atoms in total. The summed E-state index contributed by atoms with van der Waals surface area (Å²) in [6.45, 7) is 3.98. The Bertz CT molecular complexity index is 1120. The molecule has 1 amide bonds. The number of hydrogen-bond donors (Lipinski definition) is 1. The molecule has 2 heterocycles. The minimum atomic E-state index is -0.614. The van der Waals surface area contributed by atoms with Crippen LogP contribution < -0.4 is 15.6 Å². The Morgan fingerprint density at radius 1 is 1.27 bits per heavy atom. The lowest BCUT2D eigenvalue weighted by Gasteiger charge is -2.10. The van der Waals surface area contributed by atoms with E-state index in [1.807, 2.05) is 13.8 Å². The number of nitrogens with one attached hydrogen (secondary N) is 1. The third kappa shape index (κ3) is 5.25. The van der Waals surface area contributed by atoms with Crippen molar-refractivity contribution < 1.29 is 14.3 Å². The van der Waals surface area contributed by atoms with Crippen LogP contribution in [0, 0.1) is 6.92 Å². The van der Waals surface area contributed by atoms with Crippen LogP contribution in [0.1, 0.15) is 40.7 Å². The Hall–Kier alpha value is -2.71. The number of fused-ring (bicyclic) bond motifs is 1. The predicted octanol–water partition coefficient (Wildman–Crippen LogP) is 3.44. The maximum absolute atomic E-state index is 12.8. The summed E-state index contributed by atoms with van der Waals surface area (Å²) < 4.78 is 6.99. The van der Waals surface area contributed by atoms with Crippen LogP contribution in [-0.4, -0.2) is 34.2 Å². The van der Waals surface area contributed by atoms with Gasteiger partial charge in [-0.2, -0.15) is 0 Å². The highest BCUT2D eigenvalue weighted by atomic mass is 35.5. The molecule has 0 aliphatic heterocycles. The van der Waals surface area contributed by atoms with Crippen molar-refractivity contribution in [2.24, 2.45) is 0 Å². The van der Waals surface area contributed by atoms with Crippen molar-refractivity contribution in [3.05, 3.63) is 62.0 Å². The van der Waals surface area contributed by atoms with Gasteiger partial charge in [0.15, 0.2) is 16.4 Å². The van der Waals surface area contributed by atoms with Crippen molar-refractivity contribution in [1.29, 1.82) is 0 Å². The molecule has 30 heavy (non-hydrogen) atoms. The van der Waals surface area contributed by atoms with E-state index in [4.69, 9.17) is 16.3 Å². The number of carbonyl (C=O) groups excluding carboxylic acids is 2. The smallest absolute Gasteiger partial charge is 0.301 e. The molecule has 2 aromatic heterocycles. The van der Waals surface area contributed by atoms with Gasteiger partial charge in [0.2, 0.25) is 5.75 Å². The average molecular weight is 448 g/mol. The Balaban J connectivity index is 1.77. The molecule has 0 bridgehead atoms. The lowest BCUT2D eigenvalue weighted by Crippen LogP contribution is -2.33. The van der Waals surface area contributed by atoms with Crippen LogP contribution in [0.3, 0.4) is 0 Å². The van der Waals surface area contributed by atoms with Gasteiger partial charge in [-0.05, 0) is 31.0 Å². The third-order valence-corrected chi connectivity index (χ3v) is 5.47. The van der Waals surface area contributed by atoms with E-state index in [0.29, 0.717) is 16.6 Å². The Morgan fingerprint density at radius 2 is 2.00 bits per heavy atom. The second kappa shape index (κ2) is 9.86. The van der Waals surface area contributed by atoms with Crippen LogP contribution in [0.4, 0.5) is 0 Å². The highest BCUT2D eigenvalue weighted by Gasteiger charge is 2.22. The fourth-order valence-corrected chi connectivity index (χ4v) is 3.74. The molecule has 0 aliphatic carbocycles. The van der Waals surface area contributed by atoms with Gasteiger partial charge in [0.25, 0.3) is 5.91 Å². The van der Waals surface area contributed by atoms with Gasteiger partial charge < -0.3 is 10.1 Å². The number of amides is 1. The Kier molecular flexibility index (Phi) is 7.23. The molecule has 0 saturated carbocycles.